The van der Waals surface area contributed by atoms with Gasteiger partial charge in [0.1, 0.15) is 0 Å². The Morgan fingerprint density at radius 2 is 1.63 bits per heavy atom. The van der Waals surface area contributed by atoms with E-state index < -0.39 is 0 Å². The van der Waals surface area contributed by atoms with E-state index in [1.54, 1.807) is 18.2 Å². The summed E-state index contributed by atoms with van der Waals surface area (Å²) in [5, 5.41) is 3.40. The number of hydrogen-bond acceptors (Lipinski definition) is 1. The summed E-state index contributed by atoms with van der Waals surface area (Å²) in [7, 11) is 0. The molecular formula is C16H16ClNO. The maximum atomic E-state index is 12.2. The van der Waals surface area contributed by atoms with E-state index in [4.69, 9.17) is 11.6 Å². The normalized spacial score (nSPS) is 10.3. The fourth-order valence-corrected chi connectivity index (χ4v) is 2.42. The molecule has 0 aliphatic carbocycles. The van der Waals surface area contributed by atoms with Crippen LogP contribution in [0.5, 0.6) is 0 Å². The van der Waals surface area contributed by atoms with Crippen LogP contribution >= 0.6 is 11.6 Å². The molecule has 19 heavy (non-hydrogen) atoms. The van der Waals surface area contributed by atoms with E-state index in [-0.39, 0.29) is 5.91 Å². The fourth-order valence-electron chi connectivity index (χ4n) is 2.20. The highest BCUT2D eigenvalue weighted by atomic mass is 35.5. The first kappa shape index (κ1) is 13.6. The van der Waals surface area contributed by atoms with Crippen LogP contribution in [0.2, 0.25) is 5.02 Å². The lowest BCUT2D eigenvalue weighted by molar-refractivity contribution is 0.102. The average molecular weight is 274 g/mol. The molecular weight excluding hydrogens is 258 g/mol. The van der Waals surface area contributed by atoms with Gasteiger partial charge in [-0.1, -0.05) is 41.4 Å². The lowest BCUT2D eigenvalue weighted by Crippen LogP contribution is -2.14. The van der Waals surface area contributed by atoms with E-state index in [9.17, 15) is 4.79 Å². The number of carbonyl (C=O) groups is 1. The Morgan fingerprint density at radius 1 is 1.05 bits per heavy atom. The van der Waals surface area contributed by atoms with Gasteiger partial charge in [-0.2, -0.15) is 0 Å². The molecule has 0 saturated heterocycles. The number of anilines is 1. The number of halogens is 1. The average Bonchev–Trinajstić information content (AvgIpc) is 2.34. The molecule has 0 unspecified atom stereocenters. The van der Waals surface area contributed by atoms with Crippen LogP contribution in [0.3, 0.4) is 0 Å². The molecule has 0 atom stereocenters. The van der Waals surface area contributed by atoms with Gasteiger partial charge in [-0.3, -0.25) is 4.79 Å². The molecule has 0 saturated carbocycles. The van der Waals surface area contributed by atoms with Gasteiger partial charge in [0.05, 0.1) is 10.6 Å². The Bertz CT molecular complexity index is 611. The van der Waals surface area contributed by atoms with Gasteiger partial charge >= 0.3 is 0 Å². The number of rotatable bonds is 2. The quantitative estimate of drug-likeness (QED) is 0.856. The van der Waals surface area contributed by atoms with Crippen molar-refractivity contribution in [3.05, 3.63) is 63.7 Å². The number of nitrogens with one attached hydrogen (secondary N) is 1. The van der Waals surface area contributed by atoms with Crippen LogP contribution in [-0.4, -0.2) is 5.91 Å². The molecule has 0 aliphatic heterocycles. The predicted octanol–water partition coefficient (Wildman–Crippen LogP) is 4.52. The highest BCUT2D eigenvalue weighted by molar-refractivity contribution is 6.34. The topological polar surface area (TPSA) is 29.1 Å². The SMILES string of the molecule is Cc1cc(C)c(NC(=O)c2ccccc2Cl)c(C)c1. The Kier molecular flexibility index (Phi) is 3.91. The second kappa shape index (κ2) is 5.45. The molecule has 0 heterocycles. The summed E-state index contributed by atoms with van der Waals surface area (Å²) in [4.78, 5) is 12.2. The van der Waals surface area contributed by atoms with Crippen LogP contribution in [0, 0.1) is 20.8 Å². The van der Waals surface area contributed by atoms with Crippen LogP contribution in [0.15, 0.2) is 36.4 Å². The van der Waals surface area contributed by atoms with Crippen molar-refractivity contribution in [1.29, 1.82) is 0 Å². The summed E-state index contributed by atoms with van der Waals surface area (Å²) in [6.45, 7) is 6.02. The summed E-state index contributed by atoms with van der Waals surface area (Å²) in [5.74, 6) is -0.180. The highest BCUT2D eigenvalue weighted by Crippen LogP contribution is 2.24. The molecule has 0 aliphatic rings. The van der Waals surface area contributed by atoms with Crippen molar-refractivity contribution in [2.24, 2.45) is 0 Å². The van der Waals surface area contributed by atoms with E-state index in [1.165, 1.54) is 5.56 Å². The van der Waals surface area contributed by atoms with Crippen molar-refractivity contribution in [3.63, 3.8) is 0 Å². The lowest BCUT2D eigenvalue weighted by Gasteiger charge is -2.13. The van der Waals surface area contributed by atoms with E-state index >= 15 is 0 Å². The largest absolute Gasteiger partial charge is 0.321 e. The molecule has 98 valence electrons. The van der Waals surface area contributed by atoms with Crippen LogP contribution in [0.4, 0.5) is 5.69 Å². The molecule has 0 spiro atoms. The third-order valence-electron chi connectivity index (χ3n) is 3.03. The minimum absolute atomic E-state index is 0.180. The van der Waals surface area contributed by atoms with Crippen LogP contribution < -0.4 is 5.32 Å². The fraction of sp³-hybridized carbons (Fsp3) is 0.188. The van der Waals surface area contributed by atoms with Crippen LogP contribution in [-0.2, 0) is 0 Å². The van der Waals surface area contributed by atoms with Crippen LogP contribution in [0.1, 0.15) is 27.0 Å². The van der Waals surface area contributed by atoms with E-state index in [0.29, 0.717) is 10.6 Å². The zero-order valence-electron chi connectivity index (χ0n) is 11.3. The van der Waals surface area contributed by atoms with Gasteiger partial charge in [0.15, 0.2) is 0 Å². The van der Waals surface area contributed by atoms with E-state index in [1.807, 2.05) is 26.8 Å². The van der Waals surface area contributed by atoms with Gasteiger partial charge in [0.25, 0.3) is 5.91 Å². The maximum absolute atomic E-state index is 12.2. The molecule has 0 bridgehead atoms. The molecule has 2 nitrogen and oxygen atoms in total. The summed E-state index contributed by atoms with van der Waals surface area (Å²) >= 11 is 6.03. The van der Waals surface area contributed by atoms with Crippen molar-refractivity contribution in [1.82, 2.24) is 0 Å². The van der Waals surface area contributed by atoms with E-state index in [0.717, 1.165) is 16.8 Å². The third kappa shape index (κ3) is 2.96. The highest BCUT2D eigenvalue weighted by Gasteiger charge is 2.12. The molecule has 0 aromatic heterocycles. The lowest BCUT2D eigenvalue weighted by atomic mass is 10.0. The standard InChI is InChI=1S/C16H16ClNO/c1-10-8-11(2)15(12(3)9-10)18-16(19)13-6-4-5-7-14(13)17/h4-9H,1-3H3,(H,18,19). The van der Waals surface area contributed by atoms with Gasteiger partial charge in [-0.25, -0.2) is 0 Å². The summed E-state index contributed by atoms with van der Waals surface area (Å²) in [5.41, 5.74) is 4.64. The second-order valence-electron chi connectivity index (χ2n) is 4.71. The van der Waals surface area contributed by atoms with Crippen molar-refractivity contribution in [3.8, 4) is 0 Å². The monoisotopic (exact) mass is 273 g/mol. The summed E-state index contributed by atoms with van der Waals surface area (Å²) in [6, 6.07) is 11.1. The van der Waals surface area contributed by atoms with Crippen molar-refractivity contribution < 1.29 is 4.79 Å². The number of amides is 1. The molecule has 2 aromatic rings. The first-order valence-electron chi connectivity index (χ1n) is 6.13. The molecule has 0 fully saturated rings. The molecule has 1 N–H and O–H groups in total. The molecule has 2 aromatic carbocycles. The van der Waals surface area contributed by atoms with Gasteiger partial charge < -0.3 is 5.32 Å². The number of carbonyl (C=O) groups excluding carboxylic acids is 1. The number of benzene rings is 2. The Hall–Kier alpha value is -1.80. The maximum Gasteiger partial charge on any atom is 0.257 e. The number of aryl methyl sites for hydroxylation is 3. The van der Waals surface area contributed by atoms with Crippen molar-refractivity contribution >= 4 is 23.2 Å². The third-order valence-corrected chi connectivity index (χ3v) is 3.36. The first-order chi connectivity index (χ1) is 8.99. The van der Waals surface area contributed by atoms with Crippen molar-refractivity contribution in [2.75, 3.05) is 5.32 Å². The molecule has 2 rings (SSSR count). The minimum atomic E-state index is -0.180. The molecule has 0 radical (unpaired) electrons. The Balaban J connectivity index is 2.32. The summed E-state index contributed by atoms with van der Waals surface area (Å²) in [6.07, 6.45) is 0. The zero-order chi connectivity index (χ0) is 14.0. The number of hydrogen-bond donors (Lipinski definition) is 1. The molecule has 3 heteroatoms. The Labute approximate surface area is 118 Å². The van der Waals surface area contributed by atoms with Gasteiger partial charge in [0, 0.05) is 5.69 Å². The van der Waals surface area contributed by atoms with Gasteiger partial charge in [0.2, 0.25) is 0 Å². The second-order valence-corrected chi connectivity index (χ2v) is 5.11. The van der Waals surface area contributed by atoms with E-state index in [2.05, 4.69) is 17.4 Å². The zero-order valence-corrected chi connectivity index (χ0v) is 12.0. The summed E-state index contributed by atoms with van der Waals surface area (Å²) < 4.78 is 0. The molecule has 1 amide bonds. The van der Waals surface area contributed by atoms with Crippen LogP contribution in [0.25, 0.3) is 0 Å². The van der Waals surface area contributed by atoms with Gasteiger partial charge in [-0.05, 0) is 44.0 Å². The first-order valence-corrected chi connectivity index (χ1v) is 6.50. The predicted molar refractivity (Wildman–Crippen MR) is 80.1 cm³/mol. The van der Waals surface area contributed by atoms with Crippen molar-refractivity contribution in [2.45, 2.75) is 20.8 Å². The smallest absolute Gasteiger partial charge is 0.257 e. The Morgan fingerprint density at radius 3 is 2.21 bits per heavy atom. The van der Waals surface area contributed by atoms with Gasteiger partial charge in [-0.15, -0.1) is 0 Å². The minimum Gasteiger partial charge on any atom is -0.321 e.